The number of fused-ring (bicyclic) bond motifs is 1. The molecule has 0 aliphatic rings. The molecule has 3 aromatic rings. The molecule has 2 aromatic heterocycles. The summed E-state index contributed by atoms with van der Waals surface area (Å²) in [6.45, 7) is 3.66. The Morgan fingerprint density at radius 1 is 1.25 bits per heavy atom. The first-order chi connectivity index (χ1) is 11.4. The van der Waals surface area contributed by atoms with E-state index in [0.29, 0.717) is 16.4 Å². The second-order valence-electron chi connectivity index (χ2n) is 5.67. The summed E-state index contributed by atoms with van der Waals surface area (Å²) in [5, 5.41) is 3.10. The van der Waals surface area contributed by atoms with Gasteiger partial charge in [-0.2, -0.15) is 0 Å². The van der Waals surface area contributed by atoms with Gasteiger partial charge < -0.3 is 5.32 Å². The Morgan fingerprint density at radius 3 is 2.79 bits per heavy atom. The first-order valence-corrected chi connectivity index (χ1v) is 7.86. The molecule has 1 aromatic carbocycles. The lowest BCUT2D eigenvalue weighted by molar-refractivity contribution is -0.115. The molecule has 0 bridgehead atoms. The number of rotatable bonds is 3. The van der Waals surface area contributed by atoms with Crippen LogP contribution in [0.15, 0.2) is 47.4 Å². The van der Waals surface area contributed by atoms with Crippen LogP contribution >= 0.6 is 11.6 Å². The quantitative estimate of drug-likeness (QED) is 0.796. The number of nitrogens with zero attached hydrogens (tertiary/aromatic N) is 2. The van der Waals surface area contributed by atoms with Gasteiger partial charge in [0.25, 0.3) is 5.56 Å². The summed E-state index contributed by atoms with van der Waals surface area (Å²) in [4.78, 5) is 29.2. The Hall–Kier alpha value is -2.66. The predicted octanol–water partition coefficient (Wildman–Crippen LogP) is 3.15. The summed E-state index contributed by atoms with van der Waals surface area (Å²) in [5.74, 6) is -0.260. The second kappa shape index (κ2) is 6.45. The number of anilines is 1. The standard InChI is InChI=1S/C18H16ClN3O2/c1-11-4-3-5-13(8-11)9-16(23)21-17-12(2)20-15-7-6-14(19)10-22(15)18(17)24/h3-8,10H,9H2,1-2H3,(H,21,23). The van der Waals surface area contributed by atoms with Gasteiger partial charge in [-0.05, 0) is 31.5 Å². The number of pyridine rings is 1. The van der Waals surface area contributed by atoms with Crippen LogP contribution in [-0.4, -0.2) is 15.3 Å². The van der Waals surface area contributed by atoms with E-state index >= 15 is 0 Å². The Bertz CT molecular complexity index is 995. The number of aryl methyl sites for hydroxylation is 2. The predicted molar refractivity (Wildman–Crippen MR) is 94.7 cm³/mol. The summed E-state index contributed by atoms with van der Waals surface area (Å²) in [5.41, 5.74) is 2.75. The Labute approximate surface area is 143 Å². The second-order valence-corrected chi connectivity index (χ2v) is 6.10. The normalized spacial score (nSPS) is 10.8. The molecule has 122 valence electrons. The van der Waals surface area contributed by atoms with E-state index in [1.54, 1.807) is 19.1 Å². The van der Waals surface area contributed by atoms with E-state index < -0.39 is 0 Å². The number of carbonyl (C=O) groups excluding carboxylic acids is 1. The molecule has 0 saturated carbocycles. The third kappa shape index (κ3) is 3.31. The van der Waals surface area contributed by atoms with Gasteiger partial charge in [0.15, 0.2) is 0 Å². The van der Waals surface area contributed by atoms with Gasteiger partial charge in [0, 0.05) is 6.20 Å². The van der Waals surface area contributed by atoms with Crippen LogP contribution in [0.5, 0.6) is 0 Å². The summed E-state index contributed by atoms with van der Waals surface area (Å²) < 4.78 is 1.33. The van der Waals surface area contributed by atoms with E-state index in [-0.39, 0.29) is 23.6 Å². The molecule has 0 atom stereocenters. The number of hydrogen-bond acceptors (Lipinski definition) is 3. The minimum absolute atomic E-state index is 0.174. The molecule has 0 aliphatic heterocycles. The first-order valence-electron chi connectivity index (χ1n) is 7.48. The van der Waals surface area contributed by atoms with E-state index in [4.69, 9.17) is 11.6 Å². The molecule has 3 rings (SSSR count). The first kappa shape index (κ1) is 16.2. The smallest absolute Gasteiger partial charge is 0.281 e. The van der Waals surface area contributed by atoms with Crippen LogP contribution in [0.25, 0.3) is 5.65 Å². The van der Waals surface area contributed by atoms with Crippen LogP contribution in [0.1, 0.15) is 16.8 Å². The highest BCUT2D eigenvalue weighted by Crippen LogP contribution is 2.13. The molecule has 0 radical (unpaired) electrons. The number of hydrogen-bond donors (Lipinski definition) is 1. The van der Waals surface area contributed by atoms with Gasteiger partial charge >= 0.3 is 0 Å². The van der Waals surface area contributed by atoms with Crippen LogP contribution in [0.4, 0.5) is 5.69 Å². The summed E-state index contributed by atoms with van der Waals surface area (Å²) in [6, 6.07) is 11.0. The lowest BCUT2D eigenvalue weighted by Crippen LogP contribution is -2.25. The van der Waals surface area contributed by atoms with Crippen molar-refractivity contribution in [2.45, 2.75) is 20.3 Å². The number of carbonyl (C=O) groups is 1. The maximum absolute atomic E-state index is 12.6. The molecule has 0 aliphatic carbocycles. The molecule has 0 fully saturated rings. The van der Waals surface area contributed by atoms with E-state index in [0.717, 1.165) is 11.1 Å². The number of nitrogens with one attached hydrogen (secondary N) is 1. The van der Waals surface area contributed by atoms with Crippen LogP contribution in [-0.2, 0) is 11.2 Å². The summed E-state index contributed by atoms with van der Waals surface area (Å²) in [7, 11) is 0. The SMILES string of the molecule is Cc1cccc(CC(=O)Nc2c(C)nc3ccc(Cl)cn3c2=O)c1. The molecule has 2 heterocycles. The van der Waals surface area contributed by atoms with Crippen molar-refractivity contribution in [2.75, 3.05) is 5.32 Å². The van der Waals surface area contributed by atoms with Crippen molar-refractivity contribution in [1.82, 2.24) is 9.38 Å². The van der Waals surface area contributed by atoms with Gasteiger partial charge in [-0.25, -0.2) is 4.98 Å². The van der Waals surface area contributed by atoms with Gasteiger partial charge in [0.2, 0.25) is 5.91 Å². The van der Waals surface area contributed by atoms with Gasteiger partial charge in [0.1, 0.15) is 11.3 Å². The molecule has 0 saturated heterocycles. The third-order valence-corrected chi connectivity index (χ3v) is 3.90. The number of aromatic nitrogens is 2. The third-order valence-electron chi connectivity index (χ3n) is 3.68. The highest BCUT2D eigenvalue weighted by atomic mass is 35.5. The molecule has 0 unspecified atom stereocenters. The topological polar surface area (TPSA) is 63.5 Å². The average molecular weight is 342 g/mol. The van der Waals surface area contributed by atoms with Crippen molar-refractivity contribution in [3.05, 3.63) is 74.8 Å². The largest absolute Gasteiger partial charge is 0.320 e. The Balaban J connectivity index is 1.92. The van der Waals surface area contributed by atoms with Gasteiger partial charge in [-0.1, -0.05) is 41.4 Å². The van der Waals surface area contributed by atoms with E-state index in [9.17, 15) is 9.59 Å². The molecule has 5 nitrogen and oxygen atoms in total. The fourth-order valence-electron chi connectivity index (χ4n) is 2.56. The van der Waals surface area contributed by atoms with Crippen LogP contribution in [0.3, 0.4) is 0 Å². The fraction of sp³-hybridized carbons (Fsp3) is 0.167. The van der Waals surface area contributed by atoms with Crippen molar-refractivity contribution < 1.29 is 4.79 Å². The molecule has 6 heteroatoms. The van der Waals surface area contributed by atoms with Gasteiger partial charge in [-0.3, -0.25) is 14.0 Å². The maximum Gasteiger partial charge on any atom is 0.281 e. The van der Waals surface area contributed by atoms with Crippen molar-refractivity contribution in [1.29, 1.82) is 0 Å². The van der Waals surface area contributed by atoms with Crippen LogP contribution in [0, 0.1) is 13.8 Å². The van der Waals surface area contributed by atoms with Crippen molar-refractivity contribution >= 4 is 28.8 Å². The molecule has 24 heavy (non-hydrogen) atoms. The Kier molecular flexibility index (Phi) is 4.36. The number of benzene rings is 1. The fourth-order valence-corrected chi connectivity index (χ4v) is 2.72. The highest BCUT2D eigenvalue weighted by molar-refractivity contribution is 6.30. The van der Waals surface area contributed by atoms with Crippen LogP contribution < -0.4 is 10.9 Å². The lowest BCUT2D eigenvalue weighted by Gasteiger charge is -2.10. The van der Waals surface area contributed by atoms with Gasteiger partial charge in [-0.15, -0.1) is 0 Å². The monoisotopic (exact) mass is 341 g/mol. The van der Waals surface area contributed by atoms with Crippen molar-refractivity contribution in [2.24, 2.45) is 0 Å². The zero-order chi connectivity index (χ0) is 17.3. The number of amides is 1. The highest BCUT2D eigenvalue weighted by Gasteiger charge is 2.13. The Morgan fingerprint density at radius 2 is 2.04 bits per heavy atom. The molecule has 0 spiro atoms. The van der Waals surface area contributed by atoms with E-state index in [2.05, 4.69) is 10.3 Å². The lowest BCUT2D eigenvalue weighted by atomic mass is 10.1. The molecular weight excluding hydrogens is 326 g/mol. The minimum Gasteiger partial charge on any atom is -0.320 e. The zero-order valence-electron chi connectivity index (χ0n) is 13.3. The minimum atomic E-state index is -0.349. The van der Waals surface area contributed by atoms with Gasteiger partial charge in [0.05, 0.1) is 17.1 Å². The zero-order valence-corrected chi connectivity index (χ0v) is 14.1. The van der Waals surface area contributed by atoms with Crippen molar-refractivity contribution in [3.8, 4) is 0 Å². The van der Waals surface area contributed by atoms with Crippen molar-refractivity contribution in [3.63, 3.8) is 0 Å². The summed E-state index contributed by atoms with van der Waals surface area (Å²) >= 11 is 5.94. The number of halogens is 1. The molecular formula is C18H16ClN3O2. The van der Waals surface area contributed by atoms with Crippen LogP contribution in [0.2, 0.25) is 5.02 Å². The van der Waals surface area contributed by atoms with E-state index in [1.807, 2.05) is 31.2 Å². The maximum atomic E-state index is 12.6. The molecule has 1 amide bonds. The molecule has 1 N–H and O–H groups in total. The average Bonchev–Trinajstić information content (AvgIpc) is 2.52. The summed E-state index contributed by atoms with van der Waals surface area (Å²) in [6.07, 6.45) is 1.68. The van der Waals surface area contributed by atoms with E-state index in [1.165, 1.54) is 10.6 Å².